The molecule has 0 atom stereocenters. The van der Waals surface area contributed by atoms with Crippen LogP contribution in [0.3, 0.4) is 0 Å². The fourth-order valence-electron chi connectivity index (χ4n) is 2.42. The highest BCUT2D eigenvalue weighted by atomic mass is 79.9. The molecule has 2 aromatic carbocycles. The molecule has 0 radical (unpaired) electrons. The van der Waals surface area contributed by atoms with Crippen molar-refractivity contribution < 1.29 is 19.4 Å². The van der Waals surface area contributed by atoms with Gasteiger partial charge in [-0.1, -0.05) is 13.8 Å². The van der Waals surface area contributed by atoms with Crippen LogP contribution in [-0.2, 0) is 4.79 Å². The molecular formula is C19H20Br2O4. The molecular weight excluding hydrogens is 452 g/mol. The van der Waals surface area contributed by atoms with Crippen molar-refractivity contribution in [2.45, 2.75) is 40.5 Å². The van der Waals surface area contributed by atoms with Gasteiger partial charge in [0.05, 0.1) is 8.95 Å². The number of phenolic OH excluding ortho intramolecular Hbond substituents is 1. The molecule has 6 heteroatoms. The summed E-state index contributed by atoms with van der Waals surface area (Å²) in [6.45, 7) is 9.07. The quantitative estimate of drug-likeness (QED) is 0.415. The molecule has 0 amide bonds. The van der Waals surface area contributed by atoms with Crippen molar-refractivity contribution in [3.05, 3.63) is 43.8 Å². The number of rotatable bonds is 4. The molecule has 0 fully saturated rings. The van der Waals surface area contributed by atoms with Gasteiger partial charge in [0.15, 0.2) is 5.75 Å². The standard InChI is InChI=1S/C19H20Br2O4/c1-9(2)14-7-13(6-10(3)18(14)23)25-19-15(20)8-16(24-12(5)22)11(4)17(19)21/h6-9,23H,1-5H3. The van der Waals surface area contributed by atoms with Gasteiger partial charge in [0.1, 0.15) is 17.2 Å². The second-order valence-electron chi connectivity index (χ2n) is 6.15. The number of carbonyl (C=O) groups excluding carboxylic acids is 1. The topological polar surface area (TPSA) is 55.8 Å². The Bertz CT molecular complexity index is 829. The molecule has 0 aromatic heterocycles. The number of aryl methyl sites for hydroxylation is 1. The van der Waals surface area contributed by atoms with Crippen molar-refractivity contribution in [2.24, 2.45) is 0 Å². The lowest BCUT2D eigenvalue weighted by atomic mass is 9.99. The minimum absolute atomic E-state index is 0.169. The van der Waals surface area contributed by atoms with Crippen molar-refractivity contribution >= 4 is 37.8 Å². The molecule has 4 nitrogen and oxygen atoms in total. The third-order valence-corrected chi connectivity index (χ3v) is 5.32. The van der Waals surface area contributed by atoms with Crippen LogP contribution in [0.5, 0.6) is 23.0 Å². The first kappa shape index (κ1) is 19.8. The molecule has 1 N–H and O–H groups in total. The van der Waals surface area contributed by atoms with E-state index in [2.05, 4.69) is 31.9 Å². The van der Waals surface area contributed by atoms with E-state index in [4.69, 9.17) is 9.47 Å². The monoisotopic (exact) mass is 470 g/mol. The zero-order chi connectivity index (χ0) is 18.9. The van der Waals surface area contributed by atoms with E-state index in [0.29, 0.717) is 31.9 Å². The lowest BCUT2D eigenvalue weighted by Crippen LogP contribution is -2.04. The second kappa shape index (κ2) is 7.79. The molecule has 0 heterocycles. The Morgan fingerprint density at radius 3 is 2.36 bits per heavy atom. The van der Waals surface area contributed by atoms with Crippen LogP contribution in [0.15, 0.2) is 27.1 Å². The highest BCUT2D eigenvalue weighted by Gasteiger charge is 2.18. The smallest absolute Gasteiger partial charge is 0.308 e. The van der Waals surface area contributed by atoms with Crippen LogP contribution < -0.4 is 9.47 Å². The zero-order valence-corrected chi connectivity index (χ0v) is 17.9. The Labute approximate surface area is 164 Å². The Hall–Kier alpha value is -1.53. The van der Waals surface area contributed by atoms with Gasteiger partial charge in [-0.15, -0.1) is 0 Å². The van der Waals surface area contributed by atoms with E-state index in [0.717, 1.165) is 16.7 Å². The predicted molar refractivity (Wildman–Crippen MR) is 105 cm³/mol. The average Bonchev–Trinajstić information content (AvgIpc) is 2.51. The average molecular weight is 472 g/mol. The van der Waals surface area contributed by atoms with Gasteiger partial charge in [-0.3, -0.25) is 4.79 Å². The van der Waals surface area contributed by atoms with Gasteiger partial charge < -0.3 is 14.6 Å². The molecule has 0 bridgehead atoms. The molecule has 0 aliphatic carbocycles. The Kier molecular flexibility index (Phi) is 6.16. The number of phenols is 1. The molecule has 2 aromatic rings. The number of hydrogen-bond donors (Lipinski definition) is 1. The minimum atomic E-state index is -0.383. The first-order valence-electron chi connectivity index (χ1n) is 7.80. The third-order valence-electron chi connectivity index (χ3n) is 3.77. The number of esters is 1. The second-order valence-corrected chi connectivity index (χ2v) is 7.80. The first-order valence-corrected chi connectivity index (χ1v) is 9.38. The van der Waals surface area contributed by atoms with Crippen LogP contribution >= 0.6 is 31.9 Å². The largest absolute Gasteiger partial charge is 0.507 e. The number of halogens is 2. The Morgan fingerprint density at radius 1 is 1.16 bits per heavy atom. The van der Waals surface area contributed by atoms with Gasteiger partial charge in [-0.05, 0) is 75.4 Å². The van der Waals surface area contributed by atoms with Crippen LogP contribution in [0.2, 0.25) is 0 Å². The van der Waals surface area contributed by atoms with E-state index in [-0.39, 0.29) is 11.9 Å². The van der Waals surface area contributed by atoms with Crippen molar-refractivity contribution in [1.82, 2.24) is 0 Å². The van der Waals surface area contributed by atoms with E-state index in [1.807, 2.05) is 33.8 Å². The van der Waals surface area contributed by atoms with Crippen molar-refractivity contribution in [3.8, 4) is 23.0 Å². The normalized spacial score (nSPS) is 10.9. The molecule has 0 saturated heterocycles. The summed E-state index contributed by atoms with van der Waals surface area (Å²) < 4.78 is 12.6. The summed E-state index contributed by atoms with van der Waals surface area (Å²) in [5.41, 5.74) is 2.34. The van der Waals surface area contributed by atoms with Crippen molar-refractivity contribution in [3.63, 3.8) is 0 Å². The van der Waals surface area contributed by atoms with Crippen LogP contribution in [0.1, 0.15) is 43.4 Å². The highest BCUT2D eigenvalue weighted by molar-refractivity contribution is 9.11. The summed E-state index contributed by atoms with van der Waals surface area (Å²) in [4.78, 5) is 11.2. The zero-order valence-electron chi connectivity index (χ0n) is 14.7. The molecule has 0 spiro atoms. The SMILES string of the molecule is CC(=O)Oc1cc(Br)c(Oc2cc(C)c(O)c(C(C)C)c2)c(Br)c1C. The van der Waals surface area contributed by atoms with Crippen LogP contribution in [0.25, 0.3) is 0 Å². The molecule has 0 saturated carbocycles. The highest BCUT2D eigenvalue weighted by Crippen LogP contribution is 2.44. The van der Waals surface area contributed by atoms with E-state index in [1.165, 1.54) is 6.92 Å². The van der Waals surface area contributed by atoms with Gasteiger partial charge in [-0.2, -0.15) is 0 Å². The molecule has 2 rings (SSSR count). The summed E-state index contributed by atoms with van der Waals surface area (Å²) >= 11 is 6.98. The first-order chi connectivity index (χ1) is 11.6. The Balaban J connectivity index is 2.48. The fraction of sp³-hybridized carbons (Fsp3) is 0.316. The Morgan fingerprint density at radius 2 is 1.80 bits per heavy atom. The maximum Gasteiger partial charge on any atom is 0.308 e. The molecule has 0 aliphatic rings. The molecule has 25 heavy (non-hydrogen) atoms. The van der Waals surface area contributed by atoms with Gasteiger partial charge in [0.25, 0.3) is 0 Å². The van der Waals surface area contributed by atoms with E-state index < -0.39 is 0 Å². The number of carbonyl (C=O) groups is 1. The summed E-state index contributed by atoms with van der Waals surface area (Å²) in [5, 5.41) is 10.2. The van der Waals surface area contributed by atoms with E-state index >= 15 is 0 Å². The van der Waals surface area contributed by atoms with Gasteiger partial charge >= 0.3 is 5.97 Å². The maximum atomic E-state index is 11.2. The molecule has 0 unspecified atom stereocenters. The summed E-state index contributed by atoms with van der Waals surface area (Å²) in [5.74, 6) is 1.74. The van der Waals surface area contributed by atoms with Gasteiger partial charge in [-0.25, -0.2) is 0 Å². The molecule has 134 valence electrons. The lowest BCUT2D eigenvalue weighted by molar-refractivity contribution is -0.131. The number of aromatic hydroxyl groups is 1. The van der Waals surface area contributed by atoms with Crippen molar-refractivity contribution in [1.29, 1.82) is 0 Å². The predicted octanol–water partition coefficient (Wildman–Crippen LogP) is 6.38. The summed E-state index contributed by atoms with van der Waals surface area (Å²) in [6.07, 6.45) is 0. The molecule has 0 aliphatic heterocycles. The minimum Gasteiger partial charge on any atom is -0.507 e. The number of hydrogen-bond acceptors (Lipinski definition) is 4. The van der Waals surface area contributed by atoms with Crippen LogP contribution in [-0.4, -0.2) is 11.1 Å². The number of ether oxygens (including phenoxy) is 2. The van der Waals surface area contributed by atoms with Gasteiger partial charge in [0, 0.05) is 18.1 Å². The van der Waals surface area contributed by atoms with Crippen molar-refractivity contribution in [2.75, 3.05) is 0 Å². The summed E-state index contributed by atoms with van der Waals surface area (Å²) in [6, 6.07) is 5.32. The summed E-state index contributed by atoms with van der Waals surface area (Å²) in [7, 11) is 0. The number of benzene rings is 2. The van der Waals surface area contributed by atoms with Gasteiger partial charge in [0.2, 0.25) is 0 Å². The van der Waals surface area contributed by atoms with E-state index in [1.54, 1.807) is 12.1 Å². The lowest BCUT2D eigenvalue weighted by Gasteiger charge is -2.17. The third kappa shape index (κ3) is 4.36. The fourth-order valence-corrected chi connectivity index (χ4v) is 3.66. The van der Waals surface area contributed by atoms with Crippen LogP contribution in [0, 0.1) is 13.8 Å². The maximum absolute atomic E-state index is 11.2. The van der Waals surface area contributed by atoms with Crippen LogP contribution in [0.4, 0.5) is 0 Å². The van der Waals surface area contributed by atoms with E-state index in [9.17, 15) is 9.90 Å².